The van der Waals surface area contributed by atoms with E-state index in [0.717, 1.165) is 11.3 Å². The minimum absolute atomic E-state index is 0.0507. The van der Waals surface area contributed by atoms with Gasteiger partial charge in [0.15, 0.2) is 0 Å². The zero-order valence-corrected chi connectivity index (χ0v) is 9.36. The summed E-state index contributed by atoms with van der Waals surface area (Å²) in [6.45, 7) is 0.0507. The Morgan fingerprint density at radius 3 is 2.53 bits per heavy atom. The van der Waals surface area contributed by atoms with E-state index < -0.39 is 0 Å². The average molecular weight is 231 g/mol. The van der Waals surface area contributed by atoms with Gasteiger partial charge in [-0.15, -0.1) is 0 Å². The van der Waals surface area contributed by atoms with E-state index in [0.29, 0.717) is 12.1 Å². The number of halogens is 1. The van der Waals surface area contributed by atoms with Crippen LogP contribution in [0.3, 0.4) is 0 Å². The highest BCUT2D eigenvalue weighted by atomic mass is 19.1. The number of hydrogen-bond acceptors (Lipinski definition) is 2. The Balaban J connectivity index is 2.27. The minimum Gasteiger partial charge on any atom is -0.396 e. The van der Waals surface area contributed by atoms with Crippen LogP contribution >= 0.6 is 0 Å². The van der Waals surface area contributed by atoms with Gasteiger partial charge in [-0.1, -0.05) is 24.3 Å². The Morgan fingerprint density at radius 1 is 1.06 bits per heavy atom. The van der Waals surface area contributed by atoms with Crippen LogP contribution in [0.2, 0.25) is 0 Å². The smallest absolute Gasteiger partial charge is 0.125 e. The summed E-state index contributed by atoms with van der Waals surface area (Å²) < 4.78 is 13.2. The maximum Gasteiger partial charge on any atom is 0.125 e. The lowest BCUT2D eigenvalue weighted by molar-refractivity contribution is 0.300. The fourth-order valence-corrected chi connectivity index (χ4v) is 1.68. The van der Waals surface area contributed by atoms with Crippen molar-refractivity contribution in [3.8, 4) is 0 Å². The molecule has 0 aliphatic heterocycles. The highest BCUT2D eigenvalue weighted by molar-refractivity contribution is 5.63. The van der Waals surface area contributed by atoms with Crippen molar-refractivity contribution in [3.05, 3.63) is 59.9 Å². The number of nitrogens with one attached hydrogen (secondary N) is 1. The van der Waals surface area contributed by atoms with E-state index in [-0.39, 0.29) is 12.4 Å². The molecule has 88 valence electrons. The molecule has 0 aliphatic rings. The number of benzene rings is 2. The molecule has 0 aromatic heterocycles. The molecule has 3 heteroatoms. The Labute approximate surface area is 99.7 Å². The summed E-state index contributed by atoms with van der Waals surface area (Å²) in [6, 6.07) is 14.1. The van der Waals surface area contributed by atoms with E-state index in [1.807, 2.05) is 30.3 Å². The maximum absolute atomic E-state index is 13.2. The normalized spacial score (nSPS) is 10.2. The summed E-state index contributed by atoms with van der Waals surface area (Å²) in [5.41, 5.74) is 2.50. The summed E-state index contributed by atoms with van der Waals surface area (Å²) in [6.07, 6.45) is 0.509. The largest absolute Gasteiger partial charge is 0.396 e. The number of para-hydroxylation sites is 1. The molecule has 0 aliphatic carbocycles. The van der Waals surface area contributed by atoms with E-state index in [4.69, 9.17) is 5.11 Å². The van der Waals surface area contributed by atoms with Crippen molar-refractivity contribution >= 4 is 11.4 Å². The average Bonchev–Trinajstić information content (AvgIpc) is 2.34. The van der Waals surface area contributed by atoms with Crippen molar-refractivity contribution < 1.29 is 9.50 Å². The fraction of sp³-hybridized carbons (Fsp3) is 0.143. The fourth-order valence-electron chi connectivity index (χ4n) is 1.68. The molecule has 0 radical (unpaired) electrons. The van der Waals surface area contributed by atoms with Gasteiger partial charge in [-0.2, -0.15) is 0 Å². The van der Waals surface area contributed by atoms with Crippen LogP contribution in [-0.2, 0) is 6.42 Å². The van der Waals surface area contributed by atoms with E-state index >= 15 is 0 Å². The van der Waals surface area contributed by atoms with E-state index in [1.54, 1.807) is 6.07 Å². The van der Waals surface area contributed by atoms with Crippen LogP contribution in [0, 0.1) is 5.82 Å². The molecule has 17 heavy (non-hydrogen) atoms. The van der Waals surface area contributed by atoms with Gasteiger partial charge in [0.05, 0.1) is 0 Å². The zero-order valence-electron chi connectivity index (χ0n) is 9.36. The van der Waals surface area contributed by atoms with E-state index in [9.17, 15) is 4.39 Å². The molecule has 2 rings (SSSR count). The third-order valence-electron chi connectivity index (χ3n) is 2.51. The molecule has 0 spiro atoms. The minimum atomic E-state index is -0.287. The first kappa shape index (κ1) is 11.6. The predicted molar refractivity (Wildman–Crippen MR) is 66.9 cm³/mol. The number of aliphatic hydroxyl groups is 1. The molecular formula is C14H14FNO. The Hall–Kier alpha value is -1.87. The maximum atomic E-state index is 13.2. The molecule has 0 saturated heterocycles. The molecule has 0 fully saturated rings. The third kappa shape index (κ3) is 3.04. The van der Waals surface area contributed by atoms with Gasteiger partial charge in [0.25, 0.3) is 0 Å². The Morgan fingerprint density at radius 2 is 1.82 bits per heavy atom. The van der Waals surface area contributed by atoms with Crippen molar-refractivity contribution in [2.75, 3.05) is 11.9 Å². The van der Waals surface area contributed by atoms with Crippen molar-refractivity contribution in [1.29, 1.82) is 0 Å². The molecule has 0 amide bonds. The lowest BCUT2D eigenvalue weighted by Crippen LogP contribution is -1.99. The van der Waals surface area contributed by atoms with Crippen molar-refractivity contribution in [1.82, 2.24) is 0 Å². The van der Waals surface area contributed by atoms with Crippen molar-refractivity contribution in [3.63, 3.8) is 0 Å². The van der Waals surface area contributed by atoms with Gasteiger partial charge in [-0.3, -0.25) is 0 Å². The van der Waals surface area contributed by atoms with E-state index in [1.165, 1.54) is 12.1 Å². The molecule has 2 N–H and O–H groups in total. The van der Waals surface area contributed by atoms with Gasteiger partial charge in [0.1, 0.15) is 5.82 Å². The first-order valence-electron chi connectivity index (χ1n) is 5.51. The number of anilines is 2. The second-order valence-electron chi connectivity index (χ2n) is 3.77. The Bertz CT molecular complexity index is 485. The van der Waals surface area contributed by atoms with Crippen LogP contribution in [0.4, 0.5) is 15.8 Å². The topological polar surface area (TPSA) is 32.3 Å². The molecule has 0 bridgehead atoms. The van der Waals surface area contributed by atoms with Crippen LogP contribution in [0.15, 0.2) is 48.5 Å². The quantitative estimate of drug-likeness (QED) is 0.847. The highest BCUT2D eigenvalue weighted by Gasteiger charge is 2.04. The number of hydrogen-bond donors (Lipinski definition) is 2. The van der Waals surface area contributed by atoms with Gasteiger partial charge in [0, 0.05) is 18.0 Å². The number of aliphatic hydroxyl groups excluding tert-OH is 1. The number of rotatable bonds is 4. The summed E-state index contributed by atoms with van der Waals surface area (Å²) in [5, 5.41) is 12.1. The van der Waals surface area contributed by atoms with Gasteiger partial charge < -0.3 is 10.4 Å². The molecule has 0 unspecified atom stereocenters. The third-order valence-corrected chi connectivity index (χ3v) is 2.51. The van der Waals surface area contributed by atoms with Gasteiger partial charge in [-0.05, 0) is 36.2 Å². The molecular weight excluding hydrogens is 217 g/mol. The van der Waals surface area contributed by atoms with Crippen molar-refractivity contribution in [2.24, 2.45) is 0 Å². The van der Waals surface area contributed by atoms with Crippen LogP contribution in [0.5, 0.6) is 0 Å². The lowest BCUT2D eigenvalue weighted by atomic mass is 10.1. The summed E-state index contributed by atoms with van der Waals surface area (Å²) in [4.78, 5) is 0. The molecule has 2 aromatic carbocycles. The predicted octanol–water partition coefficient (Wildman–Crippen LogP) is 3.10. The lowest BCUT2D eigenvalue weighted by Gasteiger charge is -2.11. The van der Waals surface area contributed by atoms with Crippen LogP contribution in [-0.4, -0.2) is 11.7 Å². The van der Waals surface area contributed by atoms with Gasteiger partial charge >= 0.3 is 0 Å². The molecule has 2 aromatic rings. The summed E-state index contributed by atoms with van der Waals surface area (Å²) >= 11 is 0. The molecule has 0 saturated carbocycles. The summed E-state index contributed by atoms with van der Waals surface area (Å²) in [7, 11) is 0. The second kappa shape index (κ2) is 5.46. The monoisotopic (exact) mass is 231 g/mol. The van der Waals surface area contributed by atoms with Crippen LogP contribution in [0.1, 0.15) is 5.56 Å². The van der Waals surface area contributed by atoms with Gasteiger partial charge in [-0.25, -0.2) is 4.39 Å². The van der Waals surface area contributed by atoms with Crippen LogP contribution in [0.25, 0.3) is 0 Å². The second-order valence-corrected chi connectivity index (χ2v) is 3.77. The first-order chi connectivity index (χ1) is 8.29. The highest BCUT2D eigenvalue weighted by Crippen LogP contribution is 2.22. The van der Waals surface area contributed by atoms with E-state index in [2.05, 4.69) is 5.32 Å². The molecule has 0 atom stereocenters. The molecule has 2 nitrogen and oxygen atoms in total. The summed E-state index contributed by atoms with van der Waals surface area (Å²) in [5.74, 6) is -0.287. The van der Waals surface area contributed by atoms with Gasteiger partial charge in [0.2, 0.25) is 0 Å². The standard InChI is InChI=1S/C14H14FNO/c15-12-7-6-11(8-9-17)14(10-12)16-13-4-2-1-3-5-13/h1-7,10,16-17H,8-9H2. The first-order valence-corrected chi connectivity index (χ1v) is 5.51. The zero-order chi connectivity index (χ0) is 12.1. The SMILES string of the molecule is OCCc1ccc(F)cc1Nc1ccccc1. The molecule has 0 heterocycles. The van der Waals surface area contributed by atoms with Crippen LogP contribution < -0.4 is 5.32 Å². The Kier molecular flexibility index (Phi) is 3.73. The van der Waals surface area contributed by atoms with Crippen molar-refractivity contribution in [2.45, 2.75) is 6.42 Å².